The second-order valence-corrected chi connectivity index (χ2v) is 7.45. The minimum atomic E-state index is -1.22. The quantitative estimate of drug-likeness (QED) is 0.359. The molecule has 0 spiro atoms. The SMILES string of the molecule is Cc1ccc(C(=O)NC(=Cc2ccc(Oc3ccccc3I)cc2)C(=O)O)cc1. The molecule has 0 fully saturated rings. The lowest BCUT2D eigenvalue weighted by atomic mass is 10.1. The Bertz CT molecular complexity index is 1060. The van der Waals surface area contributed by atoms with E-state index >= 15 is 0 Å². The molecule has 0 atom stereocenters. The number of rotatable bonds is 6. The van der Waals surface area contributed by atoms with Crippen LogP contribution in [0, 0.1) is 10.5 Å². The van der Waals surface area contributed by atoms with Gasteiger partial charge in [-0.1, -0.05) is 42.0 Å². The highest BCUT2D eigenvalue weighted by atomic mass is 127. The second-order valence-electron chi connectivity index (χ2n) is 6.28. The molecule has 2 N–H and O–H groups in total. The number of benzene rings is 3. The molecule has 3 rings (SSSR count). The molecule has 3 aromatic rings. The van der Waals surface area contributed by atoms with Gasteiger partial charge in [-0.2, -0.15) is 0 Å². The maximum absolute atomic E-state index is 12.3. The van der Waals surface area contributed by atoms with Crippen LogP contribution in [0.5, 0.6) is 11.5 Å². The maximum atomic E-state index is 12.3. The van der Waals surface area contributed by atoms with E-state index in [0.29, 0.717) is 16.9 Å². The minimum absolute atomic E-state index is 0.207. The first-order valence-electron chi connectivity index (χ1n) is 8.78. The summed E-state index contributed by atoms with van der Waals surface area (Å²) in [5.41, 5.74) is 1.83. The summed E-state index contributed by atoms with van der Waals surface area (Å²) >= 11 is 2.19. The molecule has 0 aliphatic rings. The minimum Gasteiger partial charge on any atom is -0.477 e. The van der Waals surface area contributed by atoms with Crippen LogP contribution in [0.4, 0.5) is 0 Å². The van der Waals surface area contributed by atoms with Gasteiger partial charge in [-0.25, -0.2) is 4.79 Å². The van der Waals surface area contributed by atoms with Gasteiger partial charge in [-0.15, -0.1) is 0 Å². The van der Waals surface area contributed by atoms with Crippen LogP contribution in [0.1, 0.15) is 21.5 Å². The number of ether oxygens (including phenoxy) is 1. The fourth-order valence-electron chi connectivity index (χ4n) is 2.50. The number of carbonyl (C=O) groups excluding carboxylic acids is 1. The van der Waals surface area contributed by atoms with E-state index in [-0.39, 0.29) is 5.70 Å². The zero-order chi connectivity index (χ0) is 20.8. The number of nitrogens with one attached hydrogen (secondary N) is 1. The van der Waals surface area contributed by atoms with Gasteiger partial charge in [-0.05, 0) is 77.6 Å². The lowest BCUT2D eigenvalue weighted by Gasteiger charge is -2.09. The van der Waals surface area contributed by atoms with E-state index in [1.54, 1.807) is 48.5 Å². The van der Waals surface area contributed by atoms with E-state index in [1.807, 2.05) is 31.2 Å². The lowest BCUT2D eigenvalue weighted by molar-refractivity contribution is -0.132. The van der Waals surface area contributed by atoms with Gasteiger partial charge >= 0.3 is 5.97 Å². The molecule has 0 unspecified atom stereocenters. The smallest absolute Gasteiger partial charge is 0.352 e. The fourth-order valence-corrected chi connectivity index (χ4v) is 3.00. The van der Waals surface area contributed by atoms with Gasteiger partial charge < -0.3 is 15.2 Å². The summed E-state index contributed by atoms with van der Waals surface area (Å²) in [6, 6.07) is 21.5. The molecule has 6 heteroatoms. The van der Waals surface area contributed by atoms with Crippen LogP contribution in [0.15, 0.2) is 78.5 Å². The molecule has 3 aromatic carbocycles. The molecule has 0 aliphatic carbocycles. The number of aryl methyl sites for hydroxylation is 1. The normalized spacial score (nSPS) is 11.0. The van der Waals surface area contributed by atoms with Crippen molar-refractivity contribution in [2.75, 3.05) is 0 Å². The first-order valence-corrected chi connectivity index (χ1v) is 9.86. The van der Waals surface area contributed by atoms with Crippen LogP contribution in [0.25, 0.3) is 6.08 Å². The second kappa shape index (κ2) is 9.38. The Hall–Kier alpha value is -3.13. The molecule has 0 aliphatic heterocycles. The summed E-state index contributed by atoms with van der Waals surface area (Å²) < 4.78 is 6.82. The number of hydrogen-bond acceptors (Lipinski definition) is 3. The van der Waals surface area contributed by atoms with E-state index in [0.717, 1.165) is 14.9 Å². The molecule has 1 amide bonds. The van der Waals surface area contributed by atoms with Crippen molar-refractivity contribution in [2.45, 2.75) is 6.92 Å². The number of carboxylic acid groups (broad SMARTS) is 1. The number of halogens is 1. The number of aliphatic carboxylic acids is 1. The van der Waals surface area contributed by atoms with Gasteiger partial charge in [0.25, 0.3) is 5.91 Å². The summed E-state index contributed by atoms with van der Waals surface area (Å²) in [4.78, 5) is 23.9. The van der Waals surface area contributed by atoms with Gasteiger partial charge in [0.2, 0.25) is 0 Å². The van der Waals surface area contributed by atoms with Crippen LogP contribution >= 0.6 is 22.6 Å². The predicted octanol–water partition coefficient (Wildman–Crippen LogP) is 5.25. The number of amides is 1. The van der Waals surface area contributed by atoms with Gasteiger partial charge in [-0.3, -0.25) is 4.79 Å². The number of hydrogen-bond donors (Lipinski definition) is 2. The van der Waals surface area contributed by atoms with Crippen molar-refractivity contribution in [3.8, 4) is 11.5 Å². The fraction of sp³-hybridized carbons (Fsp3) is 0.0435. The first kappa shape index (κ1) is 20.6. The predicted molar refractivity (Wildman–Crippen MR) is 120 cm³/mol. The first-order chi connectivity index (χ1) is 13.9. The maximum Gasteiger partial charge on any atom is 0.352 e. The van der Waals surface area contributed by atoms with E-state index in [1.165, 1.54) is 6.08 Å². The Morgan fingerprint density at radius 3 is 2.24 bits per heavy atom. The summed E-state index contributed by atoms with van der Waals surface area (Å²) in [6.45, 7) is 1.91. The highest BCUT2D eigenvalue weighted by Gasteiger charge is 2.13. The number of carbonyl (C=O) groups is 2. The van der Waals surface area contributed by atoms with E-state index in [2.05, 4.69) is 27.9 Å². The average molecular weight is 499 g/mol. The summed E-state index contributed by atoms with van der Waals surface area (Å²) in [7, 11) is 0. The van der Waals surface area contributed by atoms with Crippen molar-refractivity contribution in [3.63, 3.8) is 0 Å². The standard InChI is InChI=1S/C23H18INO4/c1-15-6-10-17(11-7-15)22(26)25-20(23(27)28)14-16-8-12-18(13-9-16)29-21-5-3-2-4-19(21)24/h2-14H,1H3,(H,25,26)(H,27,28). The van der Waals surface area contributed by atoms with Gasteiger partial charge in [0.1, 0.15) is 17.2 Å². The molecule has 0 radical (unpaired) electrons. The van der Waals surface area contributed by atoms with Crippen molar-refractivity contribution in [1.29, 1.82) is 0 Å². The Morgan fingerprint density at radius 2 is 1.62 bits per heavy atom. The zero-order valence-electron chi connectivity index (χ0n) is 15.6. The molecule has 0 heterocycles. The third-order valence-electron chi connectivity index (χ3n) is 4.05. The van der Waals surface area contributed by atoms with E-state index in [4.69, 9.17) is 4.74 Å². The topological polar surface area (TPSA) is 75.6 Å². The Labute approximate surface area is 182 Å². The Balaban J connectivity index is 1.75. The highest BCUT2D eigenvalue weighted by Crippen LogP contribution is 2.26. The third-order valence-corrected chi connectivity index (χ3v) is 4.94. The molecular weight excluding hydrogens is 481 g/mol. The molecular formula is C23H18INO4. The monoisotopic (exact) mass is 499 g/mol. The molecule has 0 bridgehead atoms. The molecule has 0 aromatic heterocycles. The Morgan fingerprint density at radius 1 is 0.966 bits per heavy atom. The molecule has 5 nitrogen and oxygen atoms in total. The largest absolute Gasteiger partial charge is 0.477 e. The van der Waals surface area contributed by atoms with Gasteiger partial charge in [0.05, 0.1) is 3.57 Å². The van der Waals surface area contributed by atoms with Crippen molar-refractivity contribution >= 4 is 40.5 Å². The molecule has 0 saturated heterocycles. The number of carboxylic acids is 1. The summed E-state index contributed by atoms with van der Waals surface area (Å²) in [6.07, 6.45) is 1.41. The lowest BCUT2D eigenvalue weighted by Crippen LogP contribution is -2.27. The van der Waals surface area contributed by atoms with Crippen LogP contribution in [0.3, 0.4) is 0 Å². The van der Waals surface area contributed by atoms with Crippen molar-refractivity contribution < 1.29 is 19.4 Å². The van der Waals surface area contributed by atoms with Gasteiger partial charge in [0, 0.05) is 5.56 Å². The molecule has 0 saturated carbocycles. The summed E-state index contributed by atoms with van der Waals surface area (Å²) in [5, 5.41) is 11.9. The van der Waals surface area contributed by atoms with Gasteiger partial charge in [0.15, 0.2) is 0 Å². The molecule has 29 heavy (non-hydrogen) atoms. The zero-order valence-corrected chi connectivity index (χ0v) is 17.7. The average Bonchev–Trinajstić information content (AvgIpc) is 2.71. The van der Waals surface area contributed by atoms with Crippen LogP contribution in [0.2, 0.25) is 0 Å². The van der Waals surface area contributed by atoms with Crippen LogP contribution < -0.4 is 10.1 Å². The third kappa shape index (κ3) is 5.68. The van der Waals surface area contributed by atoms with E-state index in [9.17, 15) is 14.7 Å². The van der Waals surface area contributed by atoms with Crippen molar-refractivity contribution in [1.82, 2.24) is 5.32 Å². The van der Waals surface area contributed by atoms with E-state index < -0.39 is 11.9 Å². The molecule has 146 valence electrons. The summed E-state index contributed by atoms with van der Waals surface area (Å²) in [5.74, 6) is -0.318. The van der Waals surface area contributed by atoms with Crippen molar-refractivity contribution in [3.05, 3.63) is 98.8 Å². The number of para-hydroxylation sites is 1. The van der Waals surface area contributed by atoms with Crippen LogP contribution in [-0.4, -0.2) is 17.0 Å². The highest BCUT2D eigenvalue weighted by molar-refractivity contribution is 14.1. The van der Waals surface area contributed by atoms with Crippen molar-refractivity contribution in [2.24, 2.45) is 0 Å². The van der Waals surface area contributed by atoms with Crippen LogP contribution in [-0.2, 0) is 4.79 Å². The Kier molecular flexibility index (Phi) is 6.66.